The fourth-order valence-electron chi connectivity index (χ4n) is 4.36. The summed E-state index contributed by atoms with van der Waals surface area (Å²) in [4.78, 5) is 25.8. The van der Waals surface area contributed by atoms with E-state index in [-0.39, 0.29) is 11.4 Å². The van der Waals surface area contributed by atoms with Gasteiger partial charge in [-0.05, 0) is 82.6 Å². The molecule has 0 aliphatic rings. The van der Waals surface area contributed by atoms with Crippen molar-refractivity contribution < 1.29 is 9.53 Å². The number of amides is 2. The van der Waals surface area contributed by atoms with Gasteiger partial charge in [-0.25, -0.2) is 19.4 Å². The van der Waals surface area contributed by atoms with Crippen LogP contribution in [0.3, 0.4) is 0 Å². The molecule has 43 heavy (non-hydrogen) atoms. The van der Waals surface area contributed by atoms with E-state index in [1.807, 2.05) is 18.2 Å². The molecule has 11 nitrogen and oxygen atoms in total. The largest absolute Gasteiger partial charge is 0.439 e. The number of anilines is 3. The zero-order valence-corrected chi connectivity index (χ0v) is 26.2. The van der Waals surface area contributed by atoms with E-state index in [9.17, 15) is 4.79 Å². The Balaban J connectivity index is 1.42. The van der Waals surface area contributed by atoms with Crippen LogP contribution in [0.15, 0.2) is 67.0 Å². The van der Waals surface area contributed by atoms with E-state index in [2.05, 4.69) is 89.8 Å². The zero-order valence-electron chi connectivity index (χ0n) is 26.2. The monoisotopic (exact) mass is 585 g/mol. The molecule has 228 valence electrons. The number of hydrogen-bond acceptors (Lipinski definition) is 8. The van der Waals surface area contributed by atoms with Crippen molar-refractivity contribution in [1.29, 1.82) is 0 Å². The third-order valence-corrected chi connectivity index (χ3v) is 6.73. The Labute approximate surface area is 254 Å². The van der Waals surface area contributed by atoms with Crippen LogP contribution >= 0.6 is 0 Å². The van der Waals surface area contributed by atoms with Gasteiger partial charge in [-0.1, -0.05) is 32.9 Å². The van der Waals surface area contributed by atoms with Gasteiger partial charge in [0.2, 0.25) is 5.88 Å². The van der Waals surface area contributed by atoms with Crippen LogP contribution < -0.4 is 20.7 Å². The highest BCUT2D eigenvalue weighted by Gasteiger charge is 2.21. The average Bonchev–Trinajstić information content (AvgIpc) is 3.38. The smallest absolute Gasteiger partial charge is 0.324 e. The van der Waals surface area contributed by atoms with E-state index < -0.39 is 0 Å². The molecule has 3 N–H and O–H groups in total. The molecule has 2 heterocycles. The van der Waals surface area contributed by atoms with Crippen LogP contribution in [0, 0.1) is 0 Å². The molecule has 2 aromatic carbocycles. The predicted octanol–water partition coefficient (Wildman–Crippen LogP) is 5.82. The van der Waals surface area contributed by atoms with Gasteiger partial charge in [-0.2, -0.15) is 5.10 Å². The van der Waals surface area contributed by atoms with Crippen molar-refractivity contribution in [3.8, 4) is 17.3 Å². The van der Waals surface area contributed by atoms with Crippen molar-refractivity contribution >= 4 is 23.4 Å². The lowest BCUT2D eigenvalue weighted by atomic mass is 9.92. The molecule has 0 saturated carbocycles. The van der Waals surface area contributed by atoms with Gasteiger partial charge < -0.3 is 25.2 Å². The number of carbonyl (C=O) groups is 1. The number of urea groups is 1. The van der Waals surface area contributed by atoms with Gasteiger partial charge in [-0.15, -0.1) is 0 Å². The van der Waals surface area contributed by atoms with Crippen LogP contribution in [0.2, 0.25) is 0 Å². The van der Waals surface area contributed by atoms with Gasteiger partial charge in [0, 0.05) is 36.8 Å². The second kappa shape index (κ2) is 14.1. The van der Waals surface area contributed by atoms with Gasteiger partial charge >= 0.3 is 6.03 Å². The van der Waals surface area contributed by atoms with Crippen LogP contribution in [-0.4, -0.2) is 76.9 Å². The maximum atomic E-state index is 13.0. The normalized spacial score (nSPS) is 11.6. The number of benzene rings is 2. The number of nitrogens with one attached hydrogen (secondary N) is 3. The first-order chi connectivity index (χ1) is 20.5. The predicted molar refractivity (Wildman–Crippen MR) is 173 cm³/mol. The number of carbonyl (C=O) groups excluding carboxylic acids is 1. The summed E-state index contributed by atoms with van der Waals surface area (Å²) in [6, 6.07) is 18.6. The lowest BCUT2D eigenvalue weighted by Crippen LogP contribution is -2.23. The Morgan fingerprint density at radius 1 is 0.930 bits per heavy atom. The summed E-state index contributed by atoms with van der Waals surface area (Å²) in [6.07, 6.45) is 2.55. The molecule has 0 radical (unpaired) electrons. The Morgan fingerprint density at radius 2 is 1.65 bits per heavy atom. The quantitative estimate of drug-likeness (QED) is 0.191. The SMILES string of the molecule is CNc1cc(Oc2ccc(NC(=O)Nc3cc(C(C)(C)C)nn3-c3ccc(CN(C)CCCN(C)C)cc3)cc2)ncn1. The summed E-state index contributed by atoms with van der Waals surface area (Å²) >= 11 is 0. The summed E-state index contributed by atoms with van der Waals surface area (Å²) in [5.41, 5.74) is 3.39. The highest BCUT2D eigenvalue weighted by atomic mass is 16.5. The van der Waals surface area contributed by atoms with Crippen LogP contribution in [0.1, 0.15) is 38.4 Å². The highest BCUT2D eigenvalue weighted by Crippen LogP contribution is 2.27. The third kappa shape index (κ3) is 9.25. The first kappa shape index (κ1) is 31.5. The average molecular weight is 586 g/mol. The van der Waals surface area contributed by atoms with Crippen molar-refractivity contribution in [3.63, 3.8) is 0 Å². The lowest BCUT2D eigenvalue weighted by Gasteiger charge is -2.18. The molecule has 0 spiro atoms. The fraction of sp³-hybridized carbons (Fsp3) is 0.375. The molecular weight excluding hydrogens is 542 g/mol. The molecule has 4 aromatic rings. The van der Waals surface area contributed by atoms with Crippen molar-refractivity contribution in [2.24, 2.45) is 0 Å². The number of ether oxygens (including phenoxy) is 1. The van der Waals surface area contributed by atoms with Crippen molar-refractivity contribution in [2.45, 2.75) is 39.2 Å². The van der Waals surface area contributed by atoms with E-state index in [1.54, 1.807) is 42.1 Å². The Hall–Kier alpha value is -4.48. The van der Waals surface area contributed by atoms with Crippen LogP contribution in [0.25, 0.3) is 5.69 Å². The first-order valence-electron chi connectivity index (χ1n) is 14.4. The summed E-state index contributed by atoms with van der Waals surface area (Å²) in [6.45, 7) is 9.28. The Morgan fingerprint density at radius 3 is 2.30 bits per heavy atom. The van der Waals surface area contributed by atoms with Gasteiger partial charge in [0.1, 0.15) is 23.7 Å². The second-order valence-electron chi connectivity index (χ2n) is 11.8. The van der Waals surface area contributed by atoms with Gasteiger partial charge in [0.15, 0.2) is 0 Å². The first-order valence-corrected chi connectivity index (χ1v) is 14.4. The van der Waals surface area contributed by atoms with E-state index >= 15 is 0 Å². The van der Waals surface area contributed by atoms with Gasteiger partial charge in [0.25, 0.3) is 0 Å². The molecule has 0 aliphatic carbocycles. The number of hydrogen-bond donors (Lipinski definition) is 3. The molecule has 2 amide bonds. The molecule has 0 aliphatic heterocycles. The van der Waals surface area contributed by atoms with Crippen LogP contribution in [-0.2, 0) is 12.0 Å². The molecule has 0 saturated heterocycles. The molecule has 0 unspecified atom stereocenters. The minimum Gasteiger partial charge on any atom is -0.439 e. The number of aromatic nitrogens is 4. The molecule has 0 fully saturated rings. The van der Waals surface area contributed by atoms with Crippen molar-refractivity contribution in [3.05, 3.63) is 78.2 Å². The van der Waals surface area contributed by atoms with E-state index in [0.717, 1.165) is 37.4 Å². The highest BCUT2D eigenvalue weighted by molar-refractivity contribution is 5.99. The maximum Gasteiger partial charge on any atom is 0.324 e. The number of rotatable bonds is 12. The topological polar surface area (TPSA) is 112 Å². The fourth-order valence-corrected chi connectivity index (χ4v) is 4.36. The number of nitrogens with zero attached hydrogens (tertiary/aromatic N) is 6. The second-order valence-corrected chi connectivity index (χ2v) is 11.8. The molecular formula is C32H43N9O2. The van der Waals surface area contributed by atoms with E-state index in [1.165, 1.54) is 11.9 Å². The third-order valence-electron chi connectivity index (χ3n) is 6.73. The van der Waals surface area contributed by atoms with Crippen LogP contribution in [0.5, 0.6) is 11.6 Å². The van der Waals surface area contributed by atoms with Crippen LogP contribution in [0.4, 0.5) is 22.1 Å². The molecule has 0 atom stereocenters. The molecule has 4 rings (SSSR count). The molecule has 11 heteroatoms. The lowest BCUT2D eigenvalue weighted by molar-refractivity contribution is 0.262. The van der Waals surface area contributed by atoms with Crippen molar-refractivity contribution in [2.75, 3.05) is 57.2 Å². The van der Waals surface area contributed by atoms with E-state index in [4.69, 9.17) is 9.84 Å². The summed E-state index contributed by atoms with van der Waals surface area (Å²) in [5.74, 6) is 2.24. The van der Waals surface area contributed by atoms with E-state index in [0.29, 0.717) is 29.0 Å². The Bertz CT molecular complexity index is 1480. The summed E-state index contributed by atoms with van der Waals surface area (Å²) in [5, 5.41) is 13.7. The Kier molecular flexibility index (Phi) is 10.3. The van der Waals surface area contributed by atoms with Crippen molar-refractivity contribution in [1.82, 2.24) is 29.5 Å². The molecule has 2 aromatic heterocycles. The summed E-state index contributed by atoms with van der Waals surface area (Å²) < 4.78 is 7.58. The maximum absolute atomic E-state index is 13.0. The zero-order chi connectivity index (χ0) is 31.0. The minimum absolute atomic E-state index is 0.194. The van der Waals surface area contributed by atoms with Gasteiger partial charge in [0.05, 0.1) is 11.4 Å². The standard InChI is InChI=1S/C32H43N9O2/c1-32(2,3)27-19-29(41(38-27)25-13-9-23(10-14-25)21-40(7)18-8-17-39(5)6)37-31(42)36-24-11-15-26(16-12-24)43-30-20-28(33-4)34-22-35-30/h9-16,19-20,22H,8,17-18,21H2,1-7H3,(H,33,34,35)(H2,36,37,42). The summed E-state index contributed by atoms with van der Waals surface area (Å²) in [7, 11) is 8.12. The van der Waals surface area contributed by atoms with Gasteiger partial charge in [-0.3, -0.25) is 5.32 Å². The minimum atomic E-state index is -0.374. The molecule has 0 bridgehead atoms.